The predicted molar refractivity (Wildman–Crippen MR) is 139 cm³/mol. The van der Waals surface area contributed by atoms with E-state index < -0.39 is 29.0 Å². The average Bonchev–Trinajstić information content (AvgIpc) is 3.29. The van der Waals surface area contributed by atoms with Crippen molar-refractivity contribution in [1.29, 1.82) is 0 Å². The van der Waals surface area contributed by atoms with Gasteiger partial charge in [-0.2, -0.15) is 13.2 Å². The highest BCUT2D eigenvalue weighted by Crippen LogP contribution is 2.57. The number of benzene rings is 1. The Morgan fingerprint density at radius 2 is 1.82 bits per heavy atom. The Bertz CT molecular complexity index is 1340. The van der Waals surface area contributed by atoms with E-state index in [1.165, 1.54) is 18.5 Å². The maximum absolute atomic E-state index is 15.1. The number of H-pyrrole nitrogens is 1. The summed E-state index contributed by atoms with van der Waals surface area (Å²) in [7, 11) is 0. The van der Waals surface area contributed by atoms with Gasteiger partial charge in [-0.1, -0.05) is 18.6 Å². The van der Waals surface area contributed by atoms with Crippen molar-refractivity contribution in [3.05, 3.63) is 53.4 Å². The number of rotatable bonds is 9. The lowest BCUT2D eigenvalue weighted by molar-refractivity contribution is -0.212. The molecule has 0 bridgehead atoms. The van der Waals surface area contributed by atoms with Gasteiger partial charge in [0.05, 0.1) is 10.8 Å². The van der Waals surface area contributed by atoms with E-state index in [1.54, 1.807) is 0 Å². The van der Waals surface area contributed by atoms with Crippen molar-refractivity contribution in [3.63, 3.8) is 0 Å². The van der Waals surface area contributed by atoms with E-state index in [9.17, 15) is 18.3 Å². The highest BCUT2D eigenvalue weighted by Gasteiger charge is 2.60. The van der Waals surface area contributed by atoms with Gasteiger partial charge < -0.3 is 19.6 Å². The number of hydrogen-bond donors (Lipinski definition) is 2. The van der Waals surface area contributed by atoms with Crippen LogP contribution in [0.3, 0.4) is 0 Å². The molecular weight excluding hydrogens is 539 g/mol. The van der Waals surface area contributed by atoms with Crippen molar-refractivity contribution < 1.29 is 36.5 Å². The molecule has 0 spiro atoms. The summed E-state index contributed by atoms with van der Waals surface area (Å²) in [5, 5.41) is 9.93. The van der Waals surface area contributed by atoms with Crippen LogP contribution < -0.4 is 4.74 Å². The fourth-order valence-corrected chi connectivity index (χ4v) is 5.93. The number of ether oxygens (including phenoxy) is 2. The second-order valence-electron chi connectivity index (χ2n) is 10.6. The predicted octanol–water partition coefficient (Wildman–Crippen LogP) is 7.10. The summed E-state index contributed by atoms with van der Waals surface area (Å²) in [5.74, 6) is -2.79. The maximum Gasteiger partial charge on any atom is 0.398 e. The van der Waals surface area contributed by atoms with Crippen LogP contribution in [0.15, 0.2) is 30.6 Å². The van der Waals surface area contributed by atoms with Crippen molar-refractivity contribution in [2.24, 2.45) is 5.41 Å². The first-order valence-electron chi connectivity index (χ1n) is 13.0. The smallest absolute Gasteiger partial charge is 0.398 e. The zero-order chi connectivity index (χ0) is 27.8. The molecule has 0 radical (unpaired) electrons. The quantitative estimate of drug-likeness (QED) is 0.213. The number of pyridine rings is 1. The lowest BCUT2D eigenvalue weighted by atomic mass is 9.64. The molecule has 2 aliphatic rings. The largest absolute Gasteiger partial charge is 0.450 e. The molecule has 1 aromatic carbocycles. The number of nitrogens with zero attached hydrogens (tertiary/aromatic N) is 1. The number of fused-ring (bicyclic) bond motifs is 1. The second-order valence-corrected chi connectivity index (χ2v) is 11.2. The molecule has 1 saturated heterocycles. The Morgan fingerprint density at radius 3 is 2.41 bits per heavy atom. The van der Waals surface area contributed by atoms with Crippen LogP contribution in [0.5, 0.6) is 11.5 Å². The van der Waals surface area contributed by atoms with E-state index in [1.807, 2.05) is 0 Å². The van der Waals surface area contributed by atoms with Crippen LogP contribution in [-0.4, -0.2) is 45.9 Å². The van der Waals surface area contributed by atoms with Gasteiger partial charge >= 0.3 is 6.18 Å². The summed E-state index contributed by atoms with van der Waals surface area (Å²) in [4.78, 5) is 7.44. The van der Waals surface area contributed by atoms with Crippen LogP contribution in [0.1, 0.15) is 56.1 Å². The van der Waals surface area contributed by atoms with Crippen LogP contribution in [0.4, 0.5) is 22.0 Å². The zero-order valence-electron chi connectivity index (χ0n) is 21.2. The minimum absolute atomic E-state index is 0.0312. The van der Waals surface area contributed by atoms with E-state index in [2.05, 4.69) is 9.97 Å². The number of aliphatic hydroxyl groups is 1. The molecule has 2 aromatic heterocycles. The van der Waals surface area contributed by atoms with Gasteiger partial charge in [-0.05, 0) is 78.1 Å². The molecule has 1 aliphatic heterocycles. The minimum Gasteiger partial charge on any atom is -0.450 e. The Kier molecular flexibility index (Phi) is 7.69. The van der Waals surface area contributed by atoms with Gasteiger partial charge in [-0.3, -0.25) is 0 Å². The molecule has 0 unspecified atom stereocenters. The van der Waals surface area contributed by atoms with Gasteiger partial charge in [0, 0.05) is 38.6 Å². The highest BCUT2D eigenvalue weighted by molar-refractivity contribution is 7.80. The Hall–Kier alpha value is -2.63. The molecule has 5 nitrogen and oxygen atoms in total. The molecule has 1 saturated carbocycles. The molecule has 2 fully saturated rings. The van der Waals surface area contributed by atoms with Gasteiger partial charge in [0.1, 0.15) is 11.4 Å². The topological polar surface area (TPSA) is 67.4 Å². The molecule has 0 atom stereocenters. The number of aliphatic hydroxyl groups excluding tert-OH is 1. The van der Waals surface area contributed by atoms with Crippen LogP contribution >= 0.6 is 12.2 Å². The van der Waals surface area contributed by atoms with E-state index in [0.29, 0.717) is 42.9 Å². The van der Waals surface area contributed by atoms with Crippen LogP contribution in [0.2, 0.25) is 0 Å². The molecular formula is C28H29F5N2O3S. The van der Waals surface area contributed by atoms with Crippen molar-refractivity contribution in [1.82, 2.24) is 9.97 Å². The van der Waals surface area contributed by atoms with Crippen LogP contribution in [0.25, 0.3) is 11.0 Å². The molecule has 11 heteroatoms. The maximum atomic E-state index is 15.1. The van der Waals surface area contributed by atoms with Crippen LogP contribution in [0, 0.1) is 17.0 Å². The summed E-state index contributed by atoms with van der Waals surface area (Å²) in [6.45, 7) is 1.19. The molecule has 3 heterocycles. The van der Waals surface area contributed by atoms with E-state index in [-0.39, 0.29) is 53.6 Å². The van der Waals surface area contributed by atoms with Crippen molar-refractivity contribution in [2.75, 3.05) is 19.8 Å². The van der Waals surface area contributed by atoms with Crippen molar-refractivity contribution in [2.45, 2.75) is 63.0 Å². The molecule has 0 amide bonds. The first kappa shape index (κ1) is 27.9. The van der Waals surface area contributed by atoms with Gasteiger partial charge in [0.25, 0.3) is 0 Å². The summed E-state index contributed by atoms with van der Waals surface area (Å²) in [6, 6.07) is 3.55. The van der Waals surface area contributed by atoms with E-state index >= 15 is 8.78 Å². The third-order valence-corrected chi connectivity index (χ3v) is 8.64. The number of hydrogen-bond acceptors (Lipinski definition) is 5. The summed E-state index contributed by atoms with van der Waals surface area (Å²) < 4.78 is 83.4. The SMILES string of the molecule is OCC1(CCC(=S)Cc2cc(F)c(Oc3ccnc4[nH]cc(C5(C(F)(F)F)CCC5)c34)c(F)c2)CCOCC1. The minimum atomic E-state index is -4.49. The lowest BCUT2D eigenvalue weighted by Gasteiger charge is -2.43. The first-order chi connectivity index (χ1) is 18.6. The third-order valence-electron chi connectivity index (χ3n) is 8.30. The fraction of sp³-hybridized carbons (Fsp3) is 0.500. The second kappa shape index (κ2) is 10.7. The van der Waals surface area contributed by atoms with Gasteiger partial charge in [-0.15, -0.1) is 0 Å². The highest BCUT2D eigenvalue weighted by atomic mass is 32.1. The number of aromatic nitrogens is 2. The summed E-state index contributed by atoms with van der Waals surface area (Å²) in [6.07, 6.45) is 1.14. The van der Waals surface area contributed by atoms with E-state index in [0.717, 1.165) is 25.0 Å². The Balaban J connectivity index is 1.35. The van der Waals surface area contributed by atoms with Crippen molar-refractivity contribution >= 4 is 28.1 Å². The molecule has 1 aliphatic carbocycles. The van der Waals surface area contributed by atoms with E-state index in [4.69, 9.17) is 21.7 Å². The number of nitrogens with one attached hydrogen (secondary N) is 1. The number of alkyl halides is 3. The fourth-order valence-electron chi connectivity index (χ4n) is 5.66. The zero-order valence-corrected chi connectivity index (χ0v) is 22.0. The number of thiocarbonyl (C=S) groups is 1. The number of halogens is 5. The van der Waals surface area contributed by atoms with Crippen LogP contribution in [-0.2, 0) is 16.6 Å². The molecule has 2 N–H and O–H groups in total. The van der Waals surface area contributed by atoms with Gasteiger partial charge in [-0.25, -0.2) is 13.8 Å². The molecule has 5 rings (SSSR count). The molecule has 39 heavy (non-hydrogen) atoms. The summed E-state index contributed by atoms with van der Waals surface area (Å²) >= 11 is 5.47. The lowest BCUT2D eigenvalue weighted by Crippen LogP contribution is -2.47. The van der Waals surface area contributed by atoms with Crippen molar-refractivity contribution in [3.8, 4) is 11.5 Å². The molecule has 210 valence electrons. The normalized spacial score (nSPS) is 18.6. The third kappa shape index (κ3) is 5.28. The number of aromatic amines is 1. The summed E-state index contributed by atoms with van der Waals surface area (Å²) in [5.41, 5.74) is -1.88. The average molecular weight is 569 g/mol. The monoisotopic (exact) mass is 568 g/mol. The van der Waals surface area contributed by atoms with Gasteiger partial charge in [0.15, 0.2) is 17.4 Å². The first-order valence-corrected chi connectivity index (χ1v) is 13.4. The van der Waals surface area contributed by atoms with Gasteiger partial charge in [0.2, 0.25) is 0 Å². The standard InChI is InChI=1S/C28H29F5N2O3S/c29-20-13-17(12-18(39)2-6-26(16-36)7-10-37-11-8-26)14-21(30)24(20)38-22-3-9-34-25-23(22)19(15-35-25)27(4-1-5-27)28(31,32)33/h3,9,13-15,36H,1-2,4-8,10-12,16H2,(H,34,35). The Labute approximate surface area is 227 Å². The Morgan fingerprint density at radius 1 is 1.13 bits per heavy atom. The molecule has 3 aromatic rings.